The fourth-order valence-electron chi connectivity index (χ4n) is 2.37. The van der Waals surface area contributed by atoms with E-state index in [2.05, 4.69) is 15.9 Å². The van der Waals surface area contributed by atoms with Gasteiger partial charge in [0.2, 0.25) is 0 Å². The Morgan fingerprint density at radius 3 is 2.71 bits per heavy atom. The summed E-state index contributed by atoms with van der Waals surface area (Å²) in [5.41, 5.74) is 0.407. The van der Waals surface area contributed by atoms with Crippen molar-refractivity contribution in [3.63, 3.8) is 0 Å². The zero-order valence-corrected chi connectivity index (χ0v) is 14.3. The van der Waals surface area contributed by atoms with Gasteiger partial charge in [-0.05, 0) is 40.5 Å². The van der Waals surface area contributed by atoms with E-state index >= 15 is 0 Å². The molecular formula is C13H15BrClNO4S. The van der Waals surface area contributed by atoms with Gasteiger partial charge in [-0.15, -0.1) is 0 Å². The summed E-state index contributed by atoms with van der Waals surface area (Å²) < 4.78 is 23.8. The van der Waals surface area contributed by atoms with Crippen molar-refractivity contribution in [2.24, 2.45) is 0 Å². The molecule has 1 aliphatic rings. The van der Waals surface area contributed by atoms with Gasteiger partial charge in [0.15, 0.2) is 9.84 Å². The highest BCUT2D eigenvalue weighted by Gasteiger charge is 2.34. The molecule has 0 spiro atoms. The van der Waals surface area contributed by atoms with Gasteiger partial charge in [-0.3, -0.25) is 4.79 Å². The molecule has 1 N–H and O–H groups in total. The number of carbonyl (C=O) groups excluding carboxylic acids is 1. The molecule has 2 rings (SSSR count). The first kappa shape index (κ1) is 16.7. The number of sulfone groups is 1. The maximum Gasteiger partial charge on any atom is 0.254 e. The van der Waals surface area contributed by atoms with Crippen LogP contribution in [0.1, 0.15) is 16.8 Å². The van der Waals surface area contributed by atoms with Crippen LogP contribution in [0.5, 0.6) is 0 Å². The predicted octanol–water partition coefficient (Wildman–Crippen LogP) is 1.72. The number of halogens is 2. The number of amides is 1. The van der Waals surface area contributed by atoms with Crippen LogP contribution in [0.4, 0.5) is 0 Å². The number of rotatable bonds is 4. The molecule has 1 aromatic carbocycles. The highest BCUT2D eigenvalue weighted by Crippen LogP contribution is 2.25. The molecule has 21 heavy (non-hydrogen) atoms. The van der Waals surface area contributed by atoms with Crippen LogP contribution in [0.2, 0.25) is 5.02 Å². The van der Waals surface area contributed by atoms with Crippen LogP contribution in [-0.2, 0) is 9.84 Å². The van der Waals surface area contributed by atoms with Crippen molar-refractivity contribution in [2.75, 3.05) is 24.7 Å². The van der Waals surface area contributed by atoms with E-state index in [9.17, 15) is 13.2 Å². The van der Waals surface area contributed by atoms with E-state index in [4.69, 9.17) is 16.7 Å². The molecular weight excluding hydrogens is 382 g/mol. The number of nitrogens with zero attached hydrogens (tertiary/aromatic N) is 1. The summed E-state index contributed by atoms with van der Waals surface area (Å²) in [7, 11) is -3.10. The summed E-state index contributed by atoms with van der Waals surface area (Å²) in [6.45, 7) is -0.101. The van der Waals surface area contributed by atoms with E-state index in [1.165, 1.54) is 4.90 Å². The zero-order valence-electron chi connectivity index (χ0n) is 11.1. The molecule has 0 aliphatic carbocycles. The van der Waals surface area contributed by atoms with E-state index in [1.807, 2.05) is 0 Å². The van der Waals surface area contributed by atoms with Gasteiger partial charge < -0.3 is 10.0 Å². The topological polar surface area (TPSA) is 74.7 Å². The normalized spacial score (nSPS) is 20.4. The van der Waals surface area contributed by atoms with Gasteiger partial charge in [0.1, 0.15) is 0 Å². The average molecular weight is 397 g/mol. The Hall–Kier alpha value is -0.630. The highest BCUT2D eigenvalue weighted by atomic mass is 79.9. The van der Waals surface area contributed by atoms with Crippen LogP contribution in [-0.4, -0.2) is 55.0 Å². The summed E-state index contributed by atoms with van der Waals surface area (Å²) in [6.07, 6.45) is 0.406. The van der Waals surface area contributed by atoms with Crippen molar-refractivity contribution in [1.29, 1.82) is 0 Å². The van der Waals surface area contributed by atoms with E-state index in [0.29, 0.717) is 21.5 Å². The summed E-state index contributed by atoms with van der Waals surface area (Å²) >= 11 is 9.16. The van der Waals surface area contributed by atoms with Crippen LogP contribution >= 0.6 is 27.5 Å². The van der Waals surface area contributed by atoms with Crippen molar-refractivity contribution < 1.29 is 18.3 Å². The van der Waals surface area contributed by atoms with Crippen molar-refractivity contribution in [1.82, 2.24) is 4.90 Å². The van der Waals surface area contributed by atoms with E-state index in [1.54, 1.807) is 18.2 Å². The summed E-state index contributed by atoms with van der Waals surface area (Å²) in [5, 5.41) is 9.64. The lowest BCUT2D eigenvalue weighted by Crippen LogP contribution is -2.42. The number of aliphatic hydroxyl groups is 1. The molecule has 1 aliphatic heterocycles. The molecule has 1 fully saturated rings. The van der Waals surface area contributed by atoms with Crippen molar-refractivity contribution in [3.8, 4) is 0 Å². The second kappa shape index (κ2) is 6.64. The van der Waals surface area contributed by atoms with Crippen molar-refractivity contribution >= 4 is 43.3 Å². The number of hydrogen-bond acceptors (Lipinski definition) is 4. The lowest BCUT2D eigenvalue weighted by Gasteiger charge is -2.27. The Kier molecular flexibility index (Phi) is 5.29. The van der Waals surface area contributed by atoms with Crippen molar-refractivity contribution in [2.45, 2.75) is 12.5 Å². The number of aliphatic hydroxyl groups excluding tert-OH is 1. The van der Waals surface area contributed by atoms with Crippen molar-refractivity contribution in [3.05, 3.63) is 33.3 Å². The summed E-state index contributed by atoms with van der Waals surface area (Å²) in [6, 6.07) is 4.40. The molecule has 8 heteroatoms. The van der Waals surface area contributed by atoms with E-state index in [0.717, 1.165) is 0 Å². The first-order chi connectivity index (χ1) is 9.84. The van der Waals surface area contributed by atoms with Crippen LogP contribution in [0.25, 0.3) is 0 Å². The smallest absolute Gasteiger partial charge is 0.254 e. The minimum Gasteiger partial charge on any atom is -0.395 e. The molecule has 1 atom stereocenters. The molecule has 5 nitrogen and oxygen atoms in total. The predicted molar refractivity (Wildman–Crippen MR) is 84.3 cm³/mol. The standard InChI is InChI=1S/C13H15BrClNO4S/c14-11-7-9(1-2-12(11)15)13(18)16(4-5-17)10-3-6-21(19,20)8-10/h1-2,7,10,17H,3-6,8H2. The summed E-state index contributed by atoms with van der Waals surface area (Å²) in [4.78, 5) is 14.0. The van der Waals surface area contributed by atoms with Crippen LogP contribution < -0.4 is 0 Å². The quantitative estimate of drug-likeness (QED) is 0.841. The number of carbonyl (C=O) groups is 1. The molecule has 0 aromatic heterocycles. The van der Waals surface area contributed by atoms with Crippen LogP contribution in [0.15, 0.2) is 22.7 Å². The third kappa shape index (κ3) is 3.97. The van der Waals surface area contributed by atoms with Gasteiger partial charge in [-0.25, -0.2) is 8.42 Å². The lowest BCUT2D eigenvalue weighted by atomic mass is 10.1. The Morgan fingerprint density at radius 2 is 2.19 bits per heavy atom. The molecule has 1 unspecified atom stereocenters. The molecule has 0 saturated carbocycles. The van der Waals surface area contributed by atoms with Gasteiger partial charge in [-0.2, -0.15) is 0 Å². The second-order valence-electron chi connectivity index (χ2n) is 4.91. The second-order valence-corrected chi connectivity index (χ2v) is 8.40. The first-order valence-electron chi connectivity index (χ1n) is 6.41. The monoisotopic (exact) mass is 395 g/mol. The zero-order chi connectivity index (χ0) is 15.6. The molecule has 1 aromatic rings. The molecule has 1 heterocycles. The summed E-state index contributed by atoms with van der Waals surface area (Å²) in [5.74, 6) is -0.270. The molecule has 1 amide bonds. The maximum atomic E-state index is 12.6. The third-order valence-electron chi connectivity index (χ3n) is 3.42. The van der Waals surface area contributed by atoms with E-state index in [-0.39, 0.29) is 36.6 Å². The Morgan fingerprint density at radius 1 is 1.48 bits per heavy atom. The Balaban J connectivity index is 2.25. The minimum absolute atomic E-state index is 0.0481. The first-order valence-corrected chi connectivity index (χ1v) is 9.40. The highest BCUT2D eigenvalue weighted by molar-refractivity contribution is 9.10. The Bertz CT molecular complexity index is 650. The SMILES string of the molecule is O=C(c1ccc(Cl)c(Br)c1)N(CCO)C1CCS(=O)(=O)C1. The van der Waals surface area contributed by atoms with Gasteiger partial charge in [-0.1, -0.05) is 11.6 Å². The van der Waals surface area contributed by atoms with Gasteiger partial charge >= 0.3 is 0 Å². The van der Waals surface area contributed by atoms with Crippen LogP contribution in [0, 0.1) is 0 Å². The van der Waals surface area contributed by atoms with Gasteiger partial charge in [0.05, 0.1) is 23.1 Å². The number of hydrogen-bond donors (Lipinski definition) is 1. The van der Waals surface area contributed by atoms with E-state index < -0.39 is 9.84 Å². The van der Waals surface area contributed by atoms with Crippen LogP contribution in [0.3, 0.4) is 0 Å². The average Bonchev–Trinajstić information content (AvgIpc) is 2.78. The van der Waals surface area contributed by atoms with Gasteiger partial charge in [0, 0.05) is 22.6 Å². The lowest BCUT2D eigenvalue weighted by molar-refractivity contribution is 0.0655. The Labute approximate surface area is 136 Å². The molecule has 1 saturated heterocycles. The third-order valence-corrected chi connectivity index (χ3v) is 6.38. The molecule has 0 radical (unpaired) electrons. The fourth-order valence-corrected chi connectivity index (χ4v) is 4.60. The number of benzene rings is 1. The molecule has 116 valence electrons. The molecule has 0 bridgehead atoms. The minimum atomic E-state index is -3.10. The largest absolute Gasteiger partial charge is 0.395 e. The van der Waals surface area contributed by atoms with Gasteiger partial charge in [0.25, 0.3) is 5.91 Å². The fraction of sp³-hybridized carbons (Fsp3) is 0.462. The maximum absolute atomic E-state index is 12.6.